The molecule has 0 spiro atoms. The van der Waals surface area contributed by atoms with E-state index in [0.29, 0.717) is 6.61 Å². The maximum absolute atomic E-state index is 5.84. The first-order valence-electron chi connectivity index (χ1n) is 4.83. The van der Waals surface area contributed by atoms with Gasteiger partial charge in [0.25, 0.3) is 0 Å². The second kappa shape index (κ2) is 4.64. The zero-order valence-electron chi connectivity index (χ0n) is 8.90. The van der Waals surface area contributed by atoms with E-state index in [1.165, 1.54) is 11.1 Å². The summed E-state index contributed by atoms with van der Waals surface area (Å²) in [6, 6.07) is 10.5. The van der Waals surface area contributed by atoms with Gasteiger partial charge in [0.1, 0.15) is 0 Å². The summed E-state index contributed by atoms with van der Waals surface area (Å²) in [6.45, 7) is 0.714. The van der Waals surface area contributed by atoms with Crippen LogP contribution in [0.15, 0.2) is 36.4 Å². The Morgan fingerprint density at radius 3 is 2.40 bits per heavy atom. The van der Waals surface area contributed by atoms with E-state index in [-0.39, 0.29) is 4.27 Å². The van der Waals surface area contributed by atoms with E-state index in [2.05, 4.69) is 42.9 Å². The molecule has 1 aromatic rings. The topological polar surface area (TPSA) is 9.23 Å². The molecule has 0 unspecified atom stereocenters. The first-order valence-corrected chi connectivity index (χ1v) is 7.27. The molecule has 1 nitrogen and oxygen atoms in total. The fourth-order valence-electron chi connectivity index (χ4n) is 1.77. The lowest BCUT2D eigenvalue weighted by Crippen LogP contribution is -2.20. The monoisotopic (exact) mass is 238 g/mol. The Morgan fingerprint density at radius 1 is 1.13 bits per heavy atom. The second-order valence-corrected chi connectivity index (χ2v) is 5.48. The molecule has 1 aliphatic rings. The van der Waals surface area contributed by atoms with Crippen LogP contribution in [0.4, 0.5) is 0 Å². The van der Waals surface area contributed by atoms with Gasteiger partial charge in [-0.2, -0.15) is 0 Å². The summed E-state index contributed by atoms with van der Waals surface area (Å²) in [6.07, 6.45) is 6.37. The molecule has 0 radical (unpaired) electrons. The Labute approximate surface area is 99.3 Å². The Balaban J connectivity index is 2.37. The third kappa shape index (κ3) is 1.96. The van der Waals surface area contributed by atoms with Crippen molar-refractivity contribution < 1.29 is 4.74 Å². The van der Waals surface area contributed by atoms with Crippen molar-refractivity contribution >= 4 is 29.1 Å². The zero-order chi connectivity index (χ0) is 10.7. The molecule has 2 rings (SSSR count). The van der Waals surface area contributed by atoms with Crippen LogP contribution in [-0.2, 0) is 4.74 Å². The number of hydrogen-bond donors (Lipinski definition) is 0. The van der Waals surface area contributed by atoms with E-state index in [4.69, 9.17) is 4.74 Å². The molecule has 0 bridgehead atoms. The lowest BCUT2D eigenvalue weighted by atomic mass is 10.1. The highest BCUT2D eigenvalue weighted by Gasteiger charge is 2.37. The quantitative estimate of drug-likeness (QED) is 0.746. The molecule has 0 saturated heterocycles. The molecule has 0 fully saturated rings. The Bertz CT molecular complexity index is 355. The van der Waals surface area contributed by atoms with E-state index in [0.717, 1.165) is 0 Å². The summed E-state index contributed by atoms with van der Waals surface area (Å²) in [5, 5.41) is 0. The highest BCUT2D eigenvalue weighted by atomic mass is 32.2. The third-order valence-electron chi connectivity index (χ3n) is 2.51. The van der Waals surface area contributed by atoms with Gasteiger partial charge in [-0.3, -0.25) is 0 Å². The summed E-state index contributed by atoms with van der Waals surface area (Å²) in [5.41, 5.74) is 2.56. The van der Waals surface area contributed by atoms with Crippen LogP contribution < -0.4 is 0 Å². The van der Waals surface area contributed by atoms with Gasteiger partial charge in [-0.1, -0.05) is 36.4 Å². The molecule has 0 N–H and O–H groups in total. The Morgan fingerprint density at radius 2 is 1.80 bits per heavy atom. The molecular formula is C12H14OS2. The molecule has 0 aliphatic carbocycles. The molecule has 0 amide bonds. The van der Waals surface area contributed by atoms with Gasteiger partial charge in [0, 0.05) is 5.57 Å². The molecular weight excluding hydrogens is 224 g/mol. The Hall–Kier alpha value is -0.380. The molecule has 0 aromatic heterocycles. The van der Waals surface area contributed by atoms with Gasteiger partial charge >= 0.3 is 0 Å². The van der Waals surface area contributed by atoms with Crippen LogP contribution in [0.5, 0.6) is 0 Å². The predicted octanol–water partition coefficient (Wildman–Crippen LogP) is 3.48. The minimum Gasteiger partial charge on any atom is -0.347 e. The standard InChI is InChI=1S/C12H14OS2/c1-14-12(15-2)11(8-9-13-12)10-6-4-3-5-7-10/h3-8H,9H2,1-2H3. The first kappa shape index (κ1) is 11.1. The summed E-state index contributed by atoms with van der Waals surface area (Å²) in [5.74, 6) is 0. The molecule has 0 saturated carbocycles. The van der Waals surface area contributed by atoms with Crippen molar-refractivity contribution in [3.05, 3.63) is 42.0 Å². The SMILES string of the molecule is CSC1(SC)OCC=C1c1ccccc1. The van der Waals surface area contributed by atoms with Crippen LogP contribution in [-0.4, -0.2) is 23.4 Å². The highest BCUT2D eigenvalue weighted by Crippen LogP contribution is 2.49. The molecule has 80 valence electrons. The van der Waals surface area contributed by atoms with Gasteiger partial charge in [0.15, 0.2) is 4.27 Å². The van der Waals surface area contributed by atoms with Gasteiger partial charge in [-0.15, -0.1) is 23.5 Å². The third-order valence-corrected chi connectivity index (χ3v) is 5.26. The summed E-state index contributed by atoms with van der Waals surface area (Å²) >= 11 is 3.51. The fraction of sp³-hybridized carbons (Fsp3) is 0.333. The van der Waals surface area contributed by atoms with Crippen LogP contribution in [0.2, 0.25) is 0 Å². The van der Waals surface area contributed by atoms with E-state index in [1.54, 1.807) is 23.5 Å². The predicted molar refractivity (Wildman–Crippen MR) is 70.1 cm³/mol. The molecule has 15 heavy (non-hydrogen) atoms. The minimum absolute atomic E-state index is 0.207. The second-order valence-electron chi connectivity index (χ2n) is 3.26. The fourth-order valence-corrected chi connectivity index (χ4v) is 3.65. The van der Waals surface area contributed by atoms with Crippen molar-refractivity contribution in [2.45, 2.75) is 4.27 Å². The maximum Gasteiger partial charge on any atom is 0.186 e. The van der Waals surface area contributed by atoms with Crippen molar-refractivity contribution in [2.75, 3.05) is 19.1 Å². The van der Waals surface area contributed by atoms with E-state index in [9.17, 15) is 0 Å². The molecule has 3 heteroatoms. The summed E-state index contributed by atoms with van der Waals surface area (Å²) < 4.78 is 5.63. The van der Waals surface area contributed by atoms with Crippen LogP contribution >= 0.6 is 23.5 Å². The number of hydrogen-bond acceptors (Lipinski definition) is 3. The lowest BCUT2D eigenvalue weighted by Gasteiger charge is -2.27. The van der Waals surface area contributed by atoms with Gasteiger partial charge in [-0.05, 0) is 18.1 Å². The summed E-state index contributed by atoms with van der Waals surface area (Å²) in [7, 11) is 0. The van der Waals surface area contributed by atoms with Gasteiger partial charge in [0.05, 0.1) is 6.61 Å². The number of ether oxygens (including phenoxy) is 1. The Kier molecular flexibility index (Phi) is 3.44. The first-order chi connectivity index (χ1) is 7.32. The van der Waals surface area contributed by atoms with Crippen molar-refractivity contribution in [1.82, 2.24) is 0 Å². The number of benzene rings is 1. The van der Waals surface area contributed by atoms with Crippen LogP contribution in [0.1, 0.15) is 5.56 Å². The molecule has 0 atom stereocenters. The maximum atomic E-state index is 5.84. The smallest absolute Gasteiger partial charge is 0.186 e. The lowest BCUT2D eigenvalue weighted by molar-refractivity contribution is 0.171. The average Bonchev–Trinajstić information content (AvgIpc) is 2.74. The minimum atomic E-state index is -0.207. The van der Waals surface area contributed by atoms with Gasteiger partial charge in [0.2, 0.25) is 0 Å². The van der Waals surface area contributed by atoms with Gasteiger partial charge < -0.3 is 4.74 Å². The van der Waals surface area contributed by atoms with E-state index >= 15 is 0 Å². The molecule has 1 aromatic carbocycles. The highest BCUT2D eigenvalue weighted by molar-refractivity contribution is 8.18. The van der Waals surface area contributed by atoms with Crippen molar-refractivity contribution in [3.63, 3.8) is 0 Å². The van der Waals surface area contributed by atoms with Crippen LogP contribution in [0, 0.1) is 0 Å². The molecule has 1 aliphatic heterocycles. The largest absolute Gasteiger partial charge is 0.347 e. The normalized spacial score (nSPS) is 18.9. The van der Waals surface area contributed by atoms with Crippen molar-refractivity contribution in [2.24, 2.45) is 0 Å². The van der Waals surface area contributed by atoms with Gasteiger partial charge in [-0.25, -0.2) is 0 Å². The van der Waals surface area contributed by atoms with Crippen LogP contribution in [0.25, 0.3) is 5.57 Å². The van der Waals surface area contributed by atoms with Crippen LogP contribution in [0.3, 0.4) is 0 Å². The van der Waals surface area contributed by atoms with Crippen molar-refractivity contribution in [1.29, 1.82) is 0 Å². The number of rotatable bonds is 3. The summed E-state index contributed by atoms with van der Waals surface area (Å²) in [4.78, 5) is 0. The number of thioether (sulfide) groups is 2. The van der Waals surface area contributed by atoms with E-state index < -0.39 is 0 Å². The average molecular weight is 238 g/mol. The molecule has 1 heterocycles. The zero-order valence-corrected chi connectivity index (χ0v) is 10.5. The van der Waals surface area contributed by atoms with Crippen molar-refractivity contribution in [3.8, 4) is 0 Å². The van der Waals surface area contributed by atoms with E-state index in [1.807, 2.05) is 6.07 Å².